The third-order valence-corrected chi connectivity index (χ3v) is 2.34. The van der Waals surface area contributed by atoms with Gasteiger partial charge in [-0.25, -0.2) is 4.98 Å². The quantitative estimate of drug-likeness (QED) is 0.684. The minimum atomic E-state index is 0.586. The SMILES string of the molecule is CC(C)c1cnc2c(c1)CCN2. The number of aromatic nitrogens is 1. The number of hydrogen-bond donors (Lipinski definition) is 1. The van der Waals surface area contributed by atoms with Crippen LogP contribution in [0.3, 0.4) is 0 Å². The molecule has 1 aliphatic heterocycles. The van der Waals surface area contributed by atoms with Gasteiger partial charge in [-0.15, -0.1) is 0 Å². The van der Waals surface area contributed by atoms with Crippen LogP contribution in [-0.2, 0) is 6.42 Å². The second kappa shape index (κ2) is 2.77. The molecule has 0 atom stereocenters. The largest absolute Gasteiger partial charge is 0.370 e. The maximum atomic E-state index is 4.37. The highest BCUT2D eigenvalue weighted by Crippen LogP contribution is 2.23. The van der Waals surface area contributed by atoms with Gasteiger partial charge in [-0.05, 0) is 23.5 Å². The second-order valence-electron chi connectivity index (χ2n) is 3.61. The number of rotatable bonds is 1. The molecule has 1 aromatic heterocycles. The maximum Gasteiger partial charge on any atom is 0.129 e. The molecular weight excluding hydrogens is 148 g/mol. The smallest absolute Gasteiger partial charge is 0.129 e. The van der Waals surface area contributed by atoms with Gasteiger partial charge in [0.25, 0.3) is 0 Å². The lowest BCUT2D eigenvalue weighted by Gasteiger charge is -2.06. The monoisotopic (exact) mass is 162 g/mol. The van der Waals surface area contributed by atoms with Gasteiger partial charge >= 0.3 is 0 Å². The Kier molecular flexibility index (Phi) is 1.75. The van der Waals surface area contributed by atoms with Crippen LogP contribution in [0.1, 0.15) is 30.9 Å². The summed E-state index contributed by atoms with van der Waals surface area (Å²) in [5, 5.41) is 3.26. The standard InChI is InChI=1S/C10H14N2/c1-7(2)9-5-8-3-4-11-10(8)12-6-9/h5-7H,3-4H2,1-2H3,(H,11,12). The molecule has 2 heterocycles. The Labute approximate surface area is 73.0 Å². The summed E-state index contributed by atoms with van der Waals surface area (Å²) >= 11 is 0. The van der Waals surface area contributed by atoms with Crippen molar-refractivity contribution >= 4 is 5.82 Å². The first-order chi connectivity index (χ1) is 5.77. The third kappa shape index (κ3) is 1.17. The van der Waals surface area contributed by atoms with E-state index >= 15 is 0 Å². The minimum absolute atomic E-state index is 0.586. The van der Waals surface area contributed by atoms with E-state index in [0.29, 0.717) is 5.92 Å². The van der Waals surface area contributed by atoms with Gasteiger partial charge in [-0.1, -0.05) is 19.9 Å². The van der Waals surface area contributed by atoms with E-state index in [1.807, 2.05) is 6.20 Å². The lowest BCUT2D eigenvalue weighted by molar-refractivity contribution is 0.856. The Hall–Kier alpha value is -1.05. The van der Waals surface area contributed by atoms with Gasteiger partial charge in [-0.2, -0.15) is 0 Å². The number of pyridine rings is 1. The lowest BCUT2D eigenvalue weighted by atomic mass is 10.0. The van der Waals surface area contributed by atoms with Gasteiger partial charge in [-0.3, -0.25) is 0 Å². The van der Waals surface area contributed by atoms with E-state index in [0.717, 1.165) is 18.8 Å². The molecule has 0 aliphatic carbocycles. The zero-order valence-electron chi connectivity index (χ0n) is 7.59. The molecule has 0 saturated carbocycles. The molecule has 1 aromatic rings. The summed E-state index contributed by atoms with van der Waals surface area (Å²) in [6.07, 6.45) is 3.10. The van der Waals surface area contributed by atoms with Gasteiger partial charge in [0.05, 0.1) is 0 Å². The summed E-state index contributed by atoms with van der Waals surface area (Å²) in [5.74, 6) is 1.67. The predicted octanol–water partition coefficient (Wildman–Crippen LogP) is 2.17. The summed E-state index contributed by atoms with van der Waals surface area (Å²) in [6, 6.07) is 2.27. The zero-order valence-corrected chi connectivity index (χ0v) is 7.59. The van der Waals surface area contributed by atoms with Crippen molar-refractivity contribution in [3.8, 4) is 0 Å². The van der Waals surface area contributed by atoms with E-state index in [4.69, 9.17) is 0 Å². The minimum Gasteiger partial charge on any atom is -0.370 e. The van der Waals surface area contributed by atoms with E-state index in [9.17, 15) is 0 Å². The molecule has 0 spiro atoms. The van der Waals surface area contributed by atoms with Crippen LogP contribution in [-0.4, -0.2) is 11.5 Å². The second-order valence-corrected chi connectivity index (χ2v) is 3.61. The first-order valence-corrected chi connectivity index (χ1v) is 4.50. The molecule has 0 radical (unpaired) electrons. The zero-order chi connectivity index (χ0) is 8.55. The molecule has 0 amide bonds. The molecule has 0 aromatic carbocycles. The fourth-order valence-electron chi connectivity index (χ4n) is 1.51. The lowest BCUT2D eigenvalue weighted by Crippen LogP contribution is -1.94. The summed E-state index contributed by atoms with van der Waals surface area (Å²) < 4.78 is 0. The number of anilines is 1. The summed E-state index contributed by atoms with van der Waals surface area (Å²) in [7, 11) is 0. The van der Waals surface area contributed by atoms with E-state index in [1.54, 1.807) is 0 Å². The van der Waals surface area contributed by atoms with Crippen LogP contribution in [0.5, 0.6) is 0 Å². The predicted molar refractivity (Wildman–Crippen MR) is 50.5 cm³/mol. The average Bonchev–Trinajstić information content (AvgIpc) is 2.49. The first-order valence-electron chi connectivity index (χ1n) is 4.50. The number of nitrogens with zero attached hydrogens (tertiary/aromatic N) is 1. The van der Waals surface area contributed by atoms with Gasteiger partial charge in [0, 0.05) is 12.7 Å². The molecule has 0 fully saturated rings. The number of fused-ring (bicyclic) bond motifs is 1. The van der Waals surface area contributed by atoms with Gasteiger partial charge < -0.3 is 5.32 Å². The summed E-state index contributed by atoms with van der Waals surface area (Å²) in [6.45, 7) is 5.45. The number of hydrogen-bond acceptors (Lipinski definition) is 2. The summed E-state index contributed by atoms with van der Waals surface area (Å²) in [4.78, 5) is 4.37. The van der Waals surface area contributed by atoms with Gasteiger partial charge in [0.2, 0.25) is 0 Å². The van der Waals surface area contributed by atoms with Crippen molar-refractivity contribution in [3.63, 3.8) is 0 Å². The highest BCUT2D eigenvalue weighted by Gasteiger charge is 2.12. The first kappa shape index (κ1) is 7.59. The molecule has 2 nitrogen and oxygen atoms in total. The van der Waals surface area contributed by atoms with Crippen LogP contribution in [0.25, 0.3) is 0 Å². The maximum absolute atomic E-state index is 4.37. The molecule has 0 saturated heterocycles. The molecular formula is C10H14N2. The Morgan fingerprint density at radius 2 is 2.33 bits per heavy atom. The molecule has 1 aliphatic rings. The molecule has 1 N–H and O–H groups in total. The average molecular weight is 162 g/mol. The van der Waals surface area contributed by atoms with Crippen LogP contribution in [0.15, 0.2) is 12.3 Å². The molecule has 2 rings (SSSR count). The Morgan fingerprint density at radius 1 is 1.50 bits per heavy atom. The normalized spacial score (nSPS) is 14.6. The van der Waals surface area contributed by atoms with Crippen molar-refractivity contribution in [2.75, 3.05) is 11.9 Å². The molecule has 2 heteroatoms. The van der Waals surface area contributed by atoms with E-state index in [-0.39, 0.29) is 0 Å². The molecule has 0 unspecified atom stereocenters. The fourth-order valence-corrected chi connectivity index (χ4v) is 1.51. The van der Waals surface area contributed by atoms with Crippen LogP contribution in [0.4, 0.5) is 5.82 Å². The van der Waals surface area contributed by atoms with Crippen molar-refractivity contribution in [2.45, 2.75) is 26.2 Å². The fraction of sp³-hybridized carbons (Fsp3) is 0.500. The third-order valence-electron chi connectivity index (χ3n) is 2.34. The molecule has 64 valence electrons. The van der Waals surface area contributed by atoms with Crippen molar-refractivity contribution < 1.29 is 0 Å². The summed E-state index contributed by atoms with van der Waals surface area (Å²) in [5.41, 5.74) is 2.72. The van der Waals surface area contributed by atoms with Crippen molar-refractivity contribution in [1.82, 2.24) is 4.98 Å². The van der Waals surface area contributed by atoms with Crippen LogP contribution in [0, 0.1) is 0 Å². The topological polar surface area (TPSA) is 24.9 Å². The Bertz CT molecular complexity index is 292. The van der Waals surface area contributed by atoms with E-state index in [1.165, 1.54) is 11.1 Å². The van der Waals surface area contributed by atoms with Gasteiger partial charge in [0.15, 0.2) is 0 Å². The van der Waals surface area contributed by atoms with Crippen LogP contribution < -0.4 is 5.32 Å². The number of nitrogens with one attached hydrogen (secondary N) is 1. The Morgan fingerprint density at radius 3 is 3.08 bits per heavy atom. The van der Waals surface area contributed by atoms with Crippen LogP contribution in [0.2, 0.25) is 0 Å². The van der Waals surface area contributed by atoms with Crippen molar-refractivity contribution in [2.24, 2.45) is 0 Å². The van der Waals surface area contributed by atoms with Crippen molar-refractivity contribution in [1.29, 1.82) is 0 Å². The van der Waals surface area contributed by atoms with E-state index in [2.05, 4.69) is 30.2 Å². The highest BCUT2D eigenvalue weighted by molar-refractivity contribution is 5.50. The highest BCUT2D eigenvalue weighted by atomic mass is 15.0. The van der Waals surface area contributed by atoms with Crippen molar-refractivity contribution in [3.05, 3.63) is 23.4 Å². The Balaban J connectivity index is 2.39. The van der Waals surface area contributed by atoms with E-state index < -0.39 is 0 Å². The van der Waals surface area contributed by atoms with Gasteiger partial charge in [0.1, 0.15) is 5.82 Å². The van der Waals surface area contributed by atoms with Crippen LogP contribution >= 0.6 is 0 Å². The molecule has 12 heavy (non-hydrogen) atoms. The molecule has 0 bridgehead atoms.